The Bertz CT molecular complexity index is 1340. The van der Waals surface area contributed by atoms with Gasteiger partial charge in [0.2, 0.25) is 0 Å². The van der Waals surface area contributed by atoms with Crippen molar-refractivity contribution >= 4 is 38.5 Å². The highest BCUT2D eigenvalue weighted by molar-refractivity contribution is 7.91. The Morgan fingerprint density at radius 3 is 2.39 bits per heavy atom. The van der Waals surface area contributed by atoms with Crippen molar-refractivity contribution in [2.75, 3.05) is 17.7 Å². The van der Waals surface area contributed by atoms with Gasteiger partial charge >= 0.3 is 0 Å². The number of carbonyl (C=O) groups is 2. The predicted octanol–water partition coefficient (Wildman–Crippen LogP) is 3.17. The minimum atomic E-state index is -3.29. The van der Waals surface area contributed by atoms with Gasteiger partial charge in [-0.1, -0.05) is 24.3 Å². The summed E-state index contributed by atoms with van der Waals surface area (Å²) in [6, 6.07) is 17.9. The van der Waals surface area contributed by atoms with E-state index in [4.69, 9.17) is 0 Å². The molecule has 170 valence electrons. The minimum Gasteiger partial charge on any atom is -0.606 e. The van der Waals surface area contributed by atoms with E-state index in [9.17, 15) is 22.6 Å². The maximum atomic E-state index is 13.2. The molecule has 0 fully saturated rings. The summed E-state index contributed by atoms with van der Waals surface area (Å²) >= 11 is -1.56. The molecule has 9 heteroatoms. The van der Waals surface area contributed by atoms with Crippen LogP contribution in [-0.4, -0.2) is 37.6 Å². The van der Waals surface area contributed by atoms with Gasteiger partial charge in [-0.15, -0.1) is 0 Å². The van der Waals surface area contributed by atoms with Crippen LogP contribution in [0.15, 0.2) is 81.4 Å². The highest BCUT2D eigenvalue weighted by atomic mass is 32.2. The summed E-state index contributed by atoms with van der Waals surface area (Å²) in [5.41, 5.74) is 1.91. The summed E-state index contributed by atoms with van der Waals surface area (Å²) in [4.78, 5) is 28.6. The molecule has 1 unspecified atom stereocenters. The maximum Gasteiger partial charge on any atom is 0.263 e. The van der Waals surface area contributed by atoms with Gasteiger partial charge in [0.15, 0.2) is 19.6 Å². The average Bonchev–Trinajstić information content (AvgIpc) is 2.90. The molecule has 0 radical (unpaired) electrons. The third-order valence-corrected chi connectivity index (χ3v) is 8.02. The monoisotopic (exact) mass is 482 g/mol. The van der Waals surface area contributed by atoms with Crippen molar-refractivity contribution in [3.63, 3.8) is 0 Å². The molecule has 0 aliphatic carbocycles. The van der Waals surface area contributed by atoms with Crippen LogP contribution in [0.1, 0.15) is 33.2 Å². The Labute approximate surface area is 195 Å². The number of nitrogens with zero attached hydrogens (tertiary/aromatic N) is 1. The minimum absolute atomic E-state index is 0.202. The first-order valence-corrected chi connectivity index (χ1v) is 13.3. The van der Waals surface area contributed by atoms with Gasteiger partial charge in [-0.05, 0) is 55.0 Å². The van der Waals surface area contributed by atoms with E-state index >= 15 is 0 Å². The molecule has 3 aromatic rings. The molecular weight excluding hydrogens is 460 g/mol. The highest BCUT2D eigenvalue weighted by Crippen LogP contribution is 2.37. The van der Waals surface area contributed by atoms with E-state index in [0.717, 1.165) is 11.8 Å². The van der Waals surface area contributed by atoms with Crippen molar-refractivity contribution < 1.29 is 22.6 Å². The van der Waals surface area contributed by atoms with Crippen LogP contribution >= 0.6 is 0 Å². The van der Waals surface area contributed by atoms with E-state index in [1.165, 1.54) is 17.0 Å². The molecule has 0 aromatic heterocycles. The zero-order valence-electron chi connectivity index (χ0n) is 18.1. The van der Waals surface area contributed by atoms with Gasteiger partial charge in [-0.25, -0.2) is 8.42 Å². The quantitative estimate of drug-likeness (QED) is 0.562. The van der Waals surface area contributed by atoms with E-state index in [0.29, 0.717) is 33.2 Å². The molecular formula is C24H22N2O5S2. The molecule has 4 rings (SSSR count). The van der Waals surface area contributed by atoms with E-state index in [1.807, 2.05) is 6.92 Å². The van der Waals surface area contributed by atoms with Crippen LogP contribution in [0, 0.1) is 0 Å². The number of carbonyl (C=O) groups excluding carboxylic acids is 2. The Hall–Kier alpha value is -3.14. The predicted molar refractivity (Wildman–Crippen MR) is 126 cm³/mol. The van der Waals surface area contributed by atoms with Crippen LogP contribution < -0.4 is 10.2 Å². The van der Waals surface area contributed by atoms with Crippen LogP contribution in [0.3, 0.4) is 0 Å². The third-order valence-electron chi connectivity index (χ3n) is 5.39. The summed E-state index contributed by atoms with van der Waals surface area (Å²) in [6.07, 6.45) is 1.14. The number of anilines is 1. The first-order valence-electron chi connectivity index (χ1n) is 10.2. The number of hydrogen-bond acceptors (Lipinski definition) is 5. The van der Waals surface area contributed by atoms with Crippen molar-refractivity contribution in [1.82, 2.24) is 5.32 Å². The standard InChI is InChI=1S/C24H22N2O5S2/c1-3-26-20-14-17(23(27)25-15-16-8-11-18(12-9-16)33(2,30)31)10-13-22(20)32(29)21-7-5-4-6-19(21)24(26)28/h4-14H,3,15H2,1-2H3,(H,25,27). The smallest absolute Gasteiger partial charge is 0.263 e. The van der Waals surface area contributed by atoms with Crippen LogP contribution in [0.4, 0.5) is 5.69 Å². The highest BCUT2D eigenvalue weighted by Gasteiger charge is 2.35. The number of benzene rings is 3. The van der Waals surface area contributed by atoms with Gasteiger partial charge in [-0.2, -0.15) is 0 Å². The van der Waals surface area contributed by atoms with Crippen LogP contribution in [0.2, 0.25) is 0 Å². The second-order valence-electron chi connectivity index (χ2n) is 7.60. The number of hydrogen-bond donors (Lipinski definition) is 1. The summed E-state index contributed by atoms with van der Waals surface area (Å²) in [7, 11) is -3.29. The van der Waals surface area contributed by atoms with Crippen molar-refractivity contribution in [3.05, 3.63) is 83.4 Å². The fourth-order valence-electron chi connectivity index (χ4n) is 3.66. The maximum absolute atomic E-state index is 13.2. The van der Waals surface area contributed by atoms with Gasteiger partial charge in [0, 0.05) is 36.1 Å². The lowest BCUT2D eigenvalue weighted by Gasteiger charge is -2.20. The molecule has 0 bridgehead atoms. The van der Waals surface area contributed by atoms with Crippen LogP contribution in [0.25, 0.3) is 0 Å². The SMILES string of the molecule is CCN1C(=O)c2ccccc2[S+]([O-])c2ccc(C(=O)NCc3ccc(S(C)(=O)=O)cc3)cc21. The van der Waals surface area contributed by atoms with Crippen molar-refractivity contribution in [1.29, 1.82) is 0 Å². The van der Waals surface area contributed by atoms with E-state index in [-0.39, 0.29) is 23.3 Å². The molecule has 2 amide bonds. The van der Waals surface area contributed by atoms with Gasteiger partial charge in [0.05, 0.1) is 10.5 Å². The summed E-state index contributed by atoms with van der Waals surface area (Å²) in [5.74, 6) is -0.621. The van der Waals surface area contributed by atoms with Gasteiger partial charge in [-0.3, -0.25) is 9.59 Å². The van der Waals surface area contributed by atoms with Gasteiger partial charge < -0.3 is 14.8 Å². The first-order chi connectivity index (χ1) is 15.7. The number of nitrogens with one attached hydrogen (secondary N) is 1. The molecule has 1 N–H and O–H groups in total. The van der Waals surface area contributed by atoms with Crippen LogP contribution in [-0.2, 0) is 27.6 Å². The lowest BCUT2D eigenvalue weighted by atomic mass is 10.1. The van der Waals surface area contributed by atoms with Gasteiger partial charge in [0.25, 0.3) is 11.8 Å². The molecule has 0 saturated carbocycles. The molecule has 1 atom stereocenters. The number of fused-ring (bicyclic) bond motifs is 2. The molecule has 1 heterocycles. The average molecular weight is 483 g/mol. The molecule has 1 aliphatic rings. The van der Waals surface area contributed by atoms with Crippen molar-refractivity contribution in [2.24, 2.45) is 0 Å². The molecule has 0 saturated heterocycles. The van der Waals surface area contributed by atoms with Crippen LogP contribution in [0.5, 0.6) is 0 Å². The molecule has 0 spiro atoms. The fraction of sp³-hybridized carbons (Fsp3) is 0.167. The third kappa shape index (κ3) is 4.52. The molecule has 7 nitrogen and oxygen atoms in total. The van der Waals surface area contributed by atoms with Gasteiger partial charge in [0.1, 0.15) is 5.69 Å². The second kappa shape index (κ2) is 9.01. The van der Waals surface area contributed by atoms with E-state index < -0.39 is 21.0 Å². The first kappa shape index (κ1) is 23.0. The largest absolute Gasteiger partial charge is 0.606 e. The Morgan fingerprint density at radius 2 is 1.73 bits per heavy atom. The summed E-state index contributed by atoms with van der Waals surface area (Å²) in [5, 5.41) is 2.80. The Morgan fingerprint density at radius 1 is 1.03 bits per heavy atom. The van der Waals surface area contributed by atoms with E-state index in [2.05, 4.69) is 5.32 Å². The Kier molecular flexibility index (Phi) is 6.29. The lowest BCUT2D eigenvalue weighted by Crippen LogP contribution is -2.31. The molecule has 1 aliphatic heterocycles. The zero-order chi connectivity index (χ0) is 23.8. The Balaban J connectivity index is 1.59. The number of sulfone groups is 1. The molecule has 33 heavy (non-hydrogen) atoms. The lowest BCUT2D eigenvalue weighted by molar-refractivity contribution is 0.0947. The molecule has 3 aromatic carbocycles. The fourth-order valence-corrected chi connectivity index (χ4v) is 5.63. The zero-order valence-corrected chi connectivity index (χ0v) is 19.7. The van der Waals surface area contributed by atoms with E-state index in [1.54, 1.807) is 54.6 Å². The normalized spacial score (nSPS) is 15.4. The second-order valence-corrected chi connectivity index (χ2v) is 11.0. The van der Waals surface area contributed by atoms with Crippen molar-refractivity contribution in [2.45, 2.75) is 28.2 Å². The topological polar surface area (TPSA) is 107 Å². The summed E-state index contributed by atoms with van der Waals surface area (Å²) < 4.78 is 36.4. The number of rotatable bonds is 5. The summed E-state index contributed by atoms with van der Waals surface area (Å²) in [6.45, 7) is 2.38. The van der Waals surface area contributed by atoms with Crippen molar-refractivity contribution in [3.8, 4) is 0 Å². The number of amides is 2.